The zero-order chi connectivity index (χ0) is 23.2. The lowest BCUT2D eigenvalue weighted by Crippen LogP contribution is -2.23. The molecule has 1 aliphatic carbocycles. The zero-order valence-corrected chi connectivity index (χ0v) is 19.1. The molecule has 7 nitrogen and oxygen atoms in total. The van der Waals surface area contributed by atoms with Gasteiger partial charge in [0.15, 0.2) is 11.5 Å². The zero-order valence-electron chi connectivity index (χ0n) is 19.1. The SMILES string of the molecule is CCOc1ccc(C(=O)Nc2cccc(CC3N=NC(=O)C4=C3CCCC4)c2)cc1OCC. The second-order valence-electron chi connectivity index (χ2n) is 8.13. The fraction of sp³-hybridized carbons (Fsp3) is 0.385. The van der Waals surface area contributed by atoms with Crippen LogP contribution in [0.4, 0.5) is 5.69 Å². The Hall–Kier alpha value is -3.48. The number of hydrogen-bond donors (Lipinski definition) is 1. The first-order chi connectivity index (χ1) is 16.1. The largest absolute Gasteiger partial charge is 0.490 e. The van der Waals surface area contributed by atoms with Crippen LogP contribution < -0.4 is 14.8 Å². The Morgan fingerprint density at radius 2 is 1.82 bits per heavy atom. The average molecular weight is 448 g/mol. The van der Waals surface area contributed by atoms with Gasteiger partial charge in [-0.2, -0.15) is 5.11 Å². The molecular formula is C26H29N3O4. The number of benzene rings is 2. The highest BCUT2D eigenvalue weighted by Crippen LogP contribution is 2.34. The molecule has 2 amide bonds. The molecule has 0 saturated carbocycles. The molecule has 0 saturated heterocycles. The minimum absolute atomic E-state index is 0.108. The highest BCUT2D eigenvalue weighted by molar-refractivity contribution is 6.04. The first-order valence-corrected chi connectivity index (χ1v) is 11.6. The lowest BCUT2D eigenvalue weighted by molar-refractivity contribution is -0.115. The molecule has 0 fully saturated rings. The number of amides is 2. The maximum atomic E-state index is 12.9. The van der Waals surface area contributed by atoms with Crippen LogP contribution in [0, 0.1) is 0 Å². The van der Waals surface area contributed by atoms with Crippen molar-refractivity contribution < 1.29 is 19.1 Å². The minimum Gasteiger partial charge on any atom is -0.490 e. The molecule has 1 atom stereocenters. The summed E-state index contributed by atoms with van der Waals surface area (Å²) in [5, 5.41) is 11.1. The third-order valence-electron chi connectivity index (χ3n) is 5.88. The Bertz CT molecular complexity index is 1110. The standard InChI is InChI=1S/C26H29N3O4/c1-3-32-23-13-12-18(16-24(23)33-4-2)25(30)27-19-9-7-8-17(14-19)15-22-20-10-5-6-11-21(20)26(31)29-28-22/h7-9,12-14,16,22H,3-6,10-11,15H2,1-2H3,(H,27,30). The third kappa shape index (κ3) is 5.30. The lowest BCUT2D eigenvalue weighted by atomic mass is 9.84. The van der Waals surface area contributed by atoms with Crippen LogP contribution in [-0.2, 0) is 11.2 Å². The molecular weight excluding hydrogens is 418 g/mol. The number of hydrogen-bond acceptors (Lipinski definition) is 5. The summed E-state index contributed by atoms with van der Waals surface area (Å²) in [7, 11) is 0. The predicted molar refractivity (Wildman–Crippen MR) is 126 cm³/mol. The van der Waals surface area contributed by atoms with Gasteiger partial charge in [-0.15, -0.1) is 5.11 Å². The van der Waals surface area contributed by atoms with E-state index in [1.165, 1.54) is 0 Å². The summed E-state index contributed by atoms with van der Waals surface area (Å²) in [4.78, 5) is 25.0. The average Bonchev–Trinajstić information content (AvgIpc) is 2.83. The number of anilines is 1. The van der Waals surface area contributed by atoms with E-state index in [2.05, 4.69) is 15.5 Å². The Balaban J connectivity index is 1.48. The number of carbonyl (C=O) groups excluding carboxylic acids is 2. The van der Waals surface area contributed by atoms with Crippen molar-refractivity contribution in [2.75, 3.05) is 18.5 Å². The number of nitrogens with one attached hydrogen (secondary N) is 1. The third-order valence-corrected chi connectivity index (χ3v) is 5.88. The molecule has 1 N–H and O–H groups in total. The number of ether oxygens (including phenoxy) is 2. The summed E-state index contributed by atoms with van der Waals surface area (Å²) in [6, 6.07) is 12.8. The van der Waals surface area contributed by atoms with Gasteiger partial charge >= 0.3 is 0 Å². The normalized spacial score (nSPS) is 17.5. The van der Waals surface area contributed by atoms with Gasteiger partial charge in [-0.25, -0.2) is 0 Å². The van der Waals surface area contributed by atoms with Crippen LogP contribution in [0.3, 0.4) is 0 Å². The molecule has 2 aliphatic rings. The van der Waals surface area contributed by atoms with E-state index in [0.717, 1.165) is 42.4 Å². The van der Waals surface area contributed by atoms with Crippen LogP contribution in [0.25, 0.3) is 0 Å². The lowest BCUT2D eigenvalue weighted by Gasteiger charge is -2.25. The van der Waals surface area contributed by atoms with Gasteiger partial charge in [0.05, 0.1) is 19.3 Å². The molecule has 33 heavy (non-hydrogen) atoms. The Morgan fingerprint density at radius 1 is 1.03 bits per heavy atom. The molecule has 7 heteroatoms. The van der Waals surface area contributed by atoms with Gasteiger partial charge in [-0.3, -0.25) is 9.59 Å². The summed E-state index contributed by atoms with van der Waals surface area (Å²) in [5.41, 5.74) is 4.21. The van der Waals surface area contributed by atoms with Crippen LogP contribution in [0.15, 0.2) is 63.8 Å². The van der Waals surface area contributed by atoms with Crippen molar-refractivity contribution in [3.63, 3.8) is 0 Å². The monoisotopic (exact) mass is 447 g/mol. The van der Waals surface area contributed by atoms with E-state index in [0.29, 0.717) is 42.4 Å². The molecule has 1 unspecified atom stereocenters. The maximum absolute atomic E-state index is 12.9. The Labute approximate surface area is 193 Å². The van der Waals surface area contributed by atoms with Crippen molar-refractivity contribution in [3.05, 3.63) is 64.7 Å². The highest BCUT2D eigenvalue weighted by Gasteiger charge is 2.28. The predicted octanol–water partition coefficient (Wildman–Crippen LogP) is 5.51. The van der Waals surface area contributed by atoms with Gasteiger partial charge in [0.1, 0.15) is 0 Å². The Kier molecular flexibility index (Phi) is 7.17. The number of carbonyl (C=O) groups is 2. The fourth-order valence-corrected chi connectivity index (χ4v) is 4.35. The Morgan fingerprint density at radius 3 is 2.64 bits per heavy atom. The maximum Gasteiger partial charge on any atom is 0.291 e. The van der Waals surface area contributed by atoms with Crippen LogP contribution in [0.5, 0.6) is 11.5 Å². The molecule has 2 aromatic carbocycles. The molecule has 0 radical (unpaired) electrons. The second kappa shape index (κ2) is 10.4. The molecule has 0 bridgehead atoms. The summed E-state index contributed by atoms with van der Waals surface area (Å²) in [6.07, 6.45) is 4.47. The first-order valence-electron chi connectivity index (χ1n) is 11.6. The van der Waals surface area contributed by atoms with E-state index < -0.39 is 0 Å². The number of nitrogens with zero attached hydrogens (tertiary/aromatic N) is 2. The molecule has 1 aliphatic heterocycles. The van der Waals surface area contributed by atoms with Gasteiger partial charge in [0.2, 0.25) is 0 Å². The van der Waals surface area contributed by atoms with E-state index in [4.69, 9.17) is 9.47 Å². The molecule has 0 spiro atoms. The van der Waals surface area contributed by atoms with E-state index in [1.807, 2.05) is 38.1 Å². The number of azo groups is 1. The van der Waals surface area contributed by atoms with Crippen molar-refractivity contribution in [1.29, 1.82) is 0 Å². The summed E-state index contributed by atoms with van der Waals surface area (Å²) in [6.45, 7) is 4.80. The van der Waals surface area contributed by atoms with Gasteiger partial charge in [0.25, 0.3) is 11.8 Å². The minimum atomic E-state index is -0.226. The van der Waals surface area contributed by atoms with Crippen LogP contribution in [-0.4, -0.2) is 31.1 Å². The molecule has 2 aromatic rings. The topological polar surface area (TPSA) is 89.4 Å². The molecule has 1 heterocycles. The van der Waals surface area contributed by atoms with Crippen LogP contribution >= 0.6 is 0 Å². The van der Waals surface area contributed by atoms with Gasteiger partial charge in [0, 0.05) is 23.2 Å². The van der Waals surface area contributed by atoms with Crippen molar-refractivity contribution in [3.8, 4) is 11.5 Å². The summed E-state index contributed by atoms with van der Waals surface area (Å²) >= 11 is 0. The smallest absolute Gasteiger partial charge is 0.291 e. The summed E-state index contributed by atoms with van der Waals surface area (Å²) < 4.78 is 11.2. The van der Waals surface area contributed by atoms with Crippen molar-refractivity contribution >= 4 is 17.5 Å². The van der Waals surface area contributed by atoms with E-state index in [1.54, 1.807) is 18.2 Å². The van der Waals surface area contributed by atoms with Gasteiger partial charge in [-0.05, 0) is 81.0 Å². The van der Waals surface area contributed by atoms with E-state index in [-0.39, 0.29) is 17.9 Å². The highest BCUT2D eigenvalue weighted by atomic mass is 16.5. The number of rotatable bonds is 8. The first kappa shape index (κ1) is 22.7. The van der Waals surface area contributed by atoms with E-state index >= 15 is 0 Å². The van der Waals surface area contributed by atoms with Crippen LogP contribution in [0.2, 0.25) is 0 Å². The van der Waals surface area contributed by atoms with Crippen molar-refractivity contribution in [1.82, 2.24) is 0 Å². The quantitative estimate of drug-likeness (QED) is 0.578. The fourth-order valence-electron chi connectivity index (χ4n) is 4.35. The van der Waals surface area contributed by atoms with E-state index in [9.17, 15) is 9.59 Å². The van der Waals surface area contributed by atoms with Crippen molar-refractivity contribution in [2.45, 2.75) is 52.0 Å². The summed E-state index contributed by atoms with van der Waals surface area (Å²) in [5.74, 6) is 0.768. The van der Waals surface area contributed by atoms with Crippen molar-refractivity contribution in [2.24, 2.45) is 10.2 Å². The molecule has 4 rings (SSSR count). The second-order valence-corrected chi connectivity index (χ2v) is 8.13. The van der Waals surface area contributed by atoms with Gasteiger partial charge < -0.3 is 14.8 Å². The van der Waals surface area contributed by atoms with Gasteiger partial charge in [-0.1, -0.05) is 12.1 Å². The molecule has 172 valence electrons. The molecule has 0 aromatic heterocycles. The van der Waals surface area contributed by atoms with Crippen LogP contribution in [0.1, 0.15) is 55.5 Å².